The van der Waals surface area contributed by atoms with Crippen molar-refractivity contribution in [3.63, 3.8) is 0 Å². The van der Waals surface area contributed by atoms with E-state index < -0.39 is 0 Å². The third kappa shape index (κ3) is 4.33. The Bertz CT molecular complexity index is 649. The van der Waals surface area contributed by atoms with Crippen molar-refractivity contribution in [1.82, 2.24) is 0 Å². The van der Waals surface area contributed by atoms with E-state index in [4.69, 9.17) is 14.2 Å². The maximum Gasteiger partial charge on any atom is 0.337 e. The van der Waals surface area contributed by atoms with E-state index in [1.807, 2.05) is 32.9 Å². The fourth-order valence-corrected chi connectivity index (χ4v) is 3.50. The van der Waals surface area contributed by atoms with Crippen LogP contribution in [0.1, 0.15) is 55.6 Å². The number of rotatable bonds is 6. The van der Waals surface area contributed by atoms with Crippen molar-refractivity contribution in [3.05, 3.63) is 47.5 Å². The summed E-state index contributed by atoms with van der Waals surface area (Å²) in [5.74, 6) is -0.847. The molecule has 0 saturated carbocycles. The lowest BCUT2D eigenvalue weighted by Gasteiger charge is -2.41. The van der Waals surface area contributed by atoms with Crippen molar-refractivity contribution in [2.24, 2.45) is 11.8 Å². The Hall–Kier alpha value is -2.14. The number of hydrogen-bond acceptors (Lipinski definition) is 5. The molecular weight excluding hydrogens is 332 g/mol. The molecule has 26 heavy (non-hydrogen) atoms. The molecule has 2 rings (SSSR count). The number of esters is 2. The van der Waals surface area contributed by atoms with Crippen LogP contribution in [0.4, 0.5) is 0 Å². The zero-order valence-corrected chi connectivity index (χ0v) is 16.0. The van der Waals surface area contributed by atoms with Crippen molar-refractivity contribution in [2.75, 3.05) is 13.7 Å². The minimum atomic E-state index is -0.369. The van der Waals surface area contributed by atoms with Gasteiger partial charge in [-0.2, -0.15) is 0 Å². The average Bonchev–Trinajstić information content (AvgIpc) is 2.66. The molecule has 1 fully saturated rings. The third-order valence-electron chi connectivity index (χ3n) is 4.93. The van der Waals surface area contributed by atoms with Crippen molar-refractivity contribution < 1.29 is 23.8 Å². The first-order valence-corrected chi connectivity index (χ1v) is 9.08. The Morgan fingerprint density at radius 2 is 1.85 bits per heavy atom. The minimum Gasteiger partial charge on any atom is -0.466 e. The molecule has 1 aromatic carbocycles. The zero-order chi connectivity index (χ0) is 19.3. The lowest BCUT2D eigenvalue weighted by Crippen LogP contribution is -2.41. The Morgan fingerprint density at radius 1 is 1.19 bits per heavy atom. The van der Waals surface area contributed by atoms with E-state index in [1.54, 1.807) is 12.1 Å². The largest absolute Gasteiger partial charge is 0.466 e. The molecule has 5 nitrogen and oxygen atoms in total. The number of carbonyl (C=O) groups excluding carboxylic acids is 2. The number of hydrogen-bond donors (Lipinski definition) is 0. The molecule has 0 aliphatic carbocycles. The van der Waals surface area contributed by atoms with Gasteiger partial charge in [-0.05, 0) is 44.4 Å². The highest BCUT2D eigenvalue weighted by atomic mass is 16.5. The van der Waals surface area contributed by atoms with Crippen LogP contribution in [0, 0.1) is 11.8 Å². The molecule has 0 aromatic heterocycles. The first-order valence-electron chi connectivity index (χ1n) is 9.08. The summed E-state index contributed by atoms with van der Waals surface area (Å²) < 4.78 is 16.3. The molecule has 0 unspecified atom stereocenters. The lowest BCUT2D eigenvalue weighted by atomic mass is 9.77. The van der Waals surface area contributed by atoms with Gasteiger partial charge in [-0.25, -0.2) is 4.79 Å². The second kappa shape index (κ2) is 8.99. The van der Waals surface area contributed by atoms with Gasteiger partial charge in [-0.1, -0.05) is 31.2 Å². The molecule has 0 N–H and O–H groups in total. The first-order chi connectivity index (χ1) is 12.4. The molecule has 1 aliphatic heterocycles. The molecule has 4 atom stereocenters. The lowest BCUT2D eigenvalue weighted by molar-refractivity contribution is -0.168. The quantitative estimate of drug-likeness (QED) is 0.565. The number of ether oxygens (including phenoxy) is 3. The molecule has 142 valence electrons. The highest BCUT2D eigenvalue weighted by molar-refractivity contribution is 5.89. The maximum absolute atomic E-state index is 12.3. The van der Waals surface area contributed by atoms with Gasteiger partial charge in [-0.3, -0.25) is 4.79 Å². The molecular formula is C21H28O5. The number of benzene rings is 1. The molecule has 0 amide bonds. The Kier molecular flexibility index (Phi) is 6.98. The predicted molar refractivity (Wildman–Crippen MR) is 98.7 cm³/mol. The average molecular weight is 360 g/mol. The van der Waals surface area contributed by atoms with Crippen LogP contribution in [-0.4, -0.2) is 31.8 Å². The maximum atomic E-state index is 12.3. The van der Waals surface area contributed by atoms with Gasteiger partial charge in [0.1, 0.15) is 0 Å². The summed E-state index contributed by atoms with van der Waals surface area (Å²) in [6.45, 7) is 10.2. The topological polar surface area (TPSA) is 61.8 Å². The highest BCUT2D eigenvalue weighted by Gasteiger charge is 2.42. The summed E-state index contributed by atoms with van der Waals surface area (Å²) in [6, 6.07) is 7.23. The fraction of sp³-hybridized carbons (Fsp3) is 0.524. The van der Waals surface area contributed by atoms with Gasteiger partial charge in [0.2, 0.25) is 0 Å². The van der Waals surface area contributed by atoms with Gasteiger partial charge in [0.05, 0.1) is 37.4 Å². The number of carbonyl (C=O) groups is 2. The first kappa shape index (κ1) is 20.2. The molecule has 1 heterocycles. The van der Waals surface area contributed by atoms with E-state index in [-0.39, 0.29) is 36.0 Å². The molecule has 1 saturated heterocycles. The van der Waals surface area contributed by atoms with Crippen LogP contribution in [-0.2, 0) is 19.0 Å². The van der Waals surface area contributed by atoms with Gasteiger partial charge >= 0.3 is 11.9 Å². The molecule has 1 aliphatic rings. The predicted octanol–water partition coefficient (Wildman–Crippen LogP) is 4.08. The second-order valence-corrected chi connectivity index (χ2v) is 6.66. The van der Waals surface area contributed by atoms with E-state index >= 15 is 0 Å². The van der Waals surface area contributed by atoms with E-state index in [0.717, 1.165) is 17.6 Å². The molecule has 0 radical (unpaired) electrons. The number of methoxy groups -OCH3 is 1. The third-order valence-corrected chi connectivity index (χ3v) is 4.93. The van der Waals surface area contributed by atoms with Crippen molar-refractivity contribution in [1.29, 1.82) is 0 Å². The van der Waals surface area contributed by atoms with Crippen LogP contribution in [0.5, 0.6) is 0 Å². The smallest absolute Gasteiger partial charge is 0.337 e. The summed E-state index contributed by atoms with van der Waals surface area (Å²) in [5, 5.41) is 0. The van der Waals surface area contributed by atoms with E-state index in [2.05, 4.69) is 6.58 Å². The molecule has 1 aromatic rings. The van der Waals surface area contributed by atoms with E-state index in [0.29, 0.717) is 18.6 Å². The van der Waals surface area contributed by atoms with Crippen molar-refractivity contribution in [3.8, 4) is 0 Å². The van der Waals surface area contributed by atoms with Gasteiger partial charge in [0.15, 0.2) is 0 Å². The Labute approximate surface area is 155 Å². The van der Waals surface area contributed by atoms with Gasteiger partial charge in [0.25, 0.3) is 0 Å². The zero-order valence-electron chi connectivity index (χ0n) is 16.0. The fourth-order valence-electron chi connectivity index (χ4n) is 3.50. The van der Waals surface area contributed by atoms with Gasteiger partial charge in [-0.15, -0.1) is 0 Å². The van der Waals surface area contributed by atoms with Gasteiger partial charge in [0, 0.05) is 5.92 Å². The minimum absolute atomic E-state index is 0.0104. The summed E-state index contributed by atoms with van der Waals surface area (Å²) >= 11 is 0. The van der Waals surface area contributed by atoms with E-state index in [1.165, 1.54) is 7.11 Å². The summed E-state index contributed by atoms with van der Waals surface area (Å²) in [5.41, 5.74) is 2.43. The SMILES string of the molecule is C=C(C)[C@@H]1C[C@@H](C(=O)OCC)[C@@H](CC)O[C@H]1c1ccc(C(=O)OC)cc1. The Balaban J connectivity index is 2.28. The molecule has 5 heteroatoms. The molecule has 0 spiro atoms. The van der Waals surface area contributed by atoms with Gasteiger partial charge < -0.3 is 14.2 Å². The van der Waals surface area contributed by atoms with Crippen molar-refractivity contribution >= 4 is 11.9 Å². The van der Waals surface area contributed by atoms with Crippen LogP contribution < -0.4 is 0 Å². The highest BCUT2D eigenvalue weighted by Crippen LogP contribution is 2.43. The summed E-state index contributed by atoms with van der Waals surface area (Å²) in [6.07, 6.45) is 0.976. The van der Waals surface area contributed by atoms with Crippen LogP contribution in [0.3, 0.4) is 0 Å². The monoisotopic (exact) mass is 360 g/mol. The second-order valence-electron chi connectivity index (χ2n) is 6.66. The van der Waals surface area contributed by atoms with Crippen LogP contribution in [0.25, 0.3) is 0 Å². The summed E-state index contributed by atoms with van der Waals surface area (Å²) in [4.78, 5) is 24.0. The Morgan fingerprint density at radius 3 is 2.35 bits per heavy atom. The molecule has 0 bridgehead atoms. The van der Waals surface area contributed by atoms with Crippen molar-refractivity contribution in [2.45, 2.75) is 45.8 Å². The van der Waals surface area contributed by atoms with Crippen LogP contribution in [0.15, 0.2) is 36.4 Å². The normalized spacial score (nSPS) is 25.4. The van der Waals surface area contributed by atoms with E-state index in [9.17, 15) is 9.59 Å². The summed E-state index contributed by atoms with van der Waals surface area (Å²) in [7, 11) is 1.36. The van der Waals surface area contributed by atoms with Crippen LogP contribution >= 0.6 is 0 Å². The standard InChI is InChI=1S/C21H28O5/c1-6-18-17(21(23)25-7-2)12-16(13(3)4)19(26-18)14-8-10-15(11-9-14)20(22)24-5/h8-11,16-19H,3,6-7,12H2,1-2,4-5H3/t16-,17+,18+,19-/m0/s1. The van der Waals surface area contributed by atoms with Crippen LogP contribution in [0.2, 0.25) is 0 Å².